The first-order valence-electron chi connectivity index (χ1n) is 14.6. The quantitative estimate of drug-likeness (QED) is 0.111. The Morgan fingerprint density at radius 1 is 0.478 bits per heavy atom. The third-order valence-corrected chi connectivity index (χ3v) is 8.44. The van der Waals surface area contributed by atoms with Gasteiger partial charge in [0.05, 0.1) is 22.3 Å². The zero-order valence-corrected chi connectivity index (χ0v) is 24.8. The minimum Gasteiger partial charge on any atom is -0.478 e. The standard InChI is InChI=1S/C38H26N2O6/c1-19-9-13-22(14-10-19)39-35(41)32-30-26-8-4-6-21-5-3-7-24(28(21)26)25-17-18-27(37(43)44)31(29(25)30)34(38(45)46)33(32)36(42)40-23-15-11-20(2)12-16-23/h3-18H,1-2H3,(H,39,41)(H,40,42)(H,43,44)(H,45,46). The molecule has 0 unspecified atom stereocenters. The van der Waals surface area contributed by atoms with E-state index >= 15 is 0 Å². The van der Waals surface area contributed by atoms with E-state index in [2.05, 4.69) is 10.6 Å². The molecule has 7 aromatic carbocycles. The highest BCUT2D eigenvalue weighted by molar-refractivity contribution is 6.41. The number of anilines is 2. The van der Waals surface area contributed by atoms with Crippen LogP contribution in [0.3, 0.4) is 0 Å². The lowest BCUT2D eigenvalue weighted by Gasteiger charge is -2.23. The van der Waals surface area contributed by atoms with Gasteiger partial charge >= 0.3 is 11.9 Å². The van der Waals surface area contributed by atoms with Crippen molar-refractivity contribution in [3.63, 3.8) is 0 Å². The molecular weight excluding hydrogens is 580 g/mol. The molecule has 0 saturated heterocycles. The lowest BCUT2D eigenvalue weighted by molar-refractivity contribution is 0.0693. The molecule has 7 aromatic rings. The van der Waals surface area contributed by atoms with Crippen LogP contribution in [-0.4, -0.2) is 34.0 Å². The Labute approximate surface area is 262 Å². The monoisotopic (exact) mass is 606 g/mol. The molecule has 8 heteroatoms. The maximum absolute atomic E-state index is 14.5. The van der Waals surface area contributed by atoms with Crippen molar-refractivity contribution in [2.75, 3.05) is 10.6 Å². The van der Waals surface area contributed by atoms with E-state index in [1.165, 1.54) is 6.07 Å². The van der Waals surface area contributed by atoms with Gasteiger partial charge in [0.2, 0.25) is 0 Å². The lowest BCUT2D eigenvalue weighted by Crippen LogP contribution is -2.25. The molecule has 0 atom stereocenters. The van der Waals surface area contributed by atoms with Crippen LogP contribution in [0.5, 0.6) is 0 Å². The van der Waals surface area contributed by atoms with E-state index < -0.39 is 34.9 Å². The molecule has 0 aliphatic heterocycles. The Hall–Kier alpha value is -6.28. The number of carbonyl (C=O) groups excluding carboxylic acids is 2. The number of rotatable bonds is 6. The molecule has 0 aromatic heterocycles. The van der Waals surface area contributed by atoms with Crippen LogP contribution >= 0.6 is 0 Å². The van der Waals surface area contributed by atoms with Gasteiger partial charge in [-0.1, -0.05) is 77.9 Å². The van der Waals surface area contributed by atoms with Crippen LogP contribution in [-0.2, 0) is 0 Å². The van der Waals surface area contributed by atoms with Gasteiger partial charge in [0.25, 0.3) is 11.8 Å². The first kappa shape index (κ1) is 28.5. The summed E-state index contributed by atoms with van der Waals surface area (Å²) in [5.41, 5.74) is 1.28. The molecule has 0 radical (unpaired) electrons. The summed E-state index contributed by atoms with van der Waals surface area (Å²) in [6.07, 6.45) is 0. The first-order valence-corrected chi connectivity index (χ1v) is 14.6. The smallest absolute Gasteiger partial charge is 0.337 e. The Kier molecular flexibility index (Phi) is 6.63. The van der Waals surface area contributed by atoms with Gasteiger partial charge < -0.3 is 20.8 Å². The normalized spacial score (nSPS) is 11.3. The summed E-state index contributed by atoms with van der Waals surface area (Å²) in [6.45, 7) is 3.80. The van der Waals surface area contributed by atoms with Crippen LogP contribution in [0.2, 0.25) is 0 Å². The Bertz CT molecular complexity index is 2410. The number of benzene rings is 7. The van der Waals surface area contributed by atoms with E-state index in [0.29, 0.717) is 27.5 Å². The van der Waals surface area contributed by atoms with Crippen LogP contribution < -0.4 is 10.6 Å². The van der Waals surface area contributed by atoms with E-state index in [9.17, 15) is 29.4 Å². The van der Waals surface area contributed by atoms with Crippen molar-refractivity contribution < 1.29 is 29.4 Å². The average Bonchev–Trinajstić information content (AvgIpc) is 3.04. The molecule has 7 rings (SSSR count). The number of aryl methyl sites for hydroxylation is 2. The summed E-state index contributed by atoms with van der Waals surface area (Å²) in [4.78, 5) is 54.8. The van der Waals surface area contributed by atoms with E-state index in [1.54, 1.807) is 42.5 Å². The summed E-state index contributed by atoms with van der Waals surface area (Å²) in [5, 5.41) is 30.8. The minimum atomic E-state index is -1.54. The van der Waals surface area contributed by atoms with Crippen LogP contribution in [0, 0.1) is 13.8 Å². The number of carboxylic acids is 2. The summed E-state index contributed by atoms with van der Waals surface area (Å²) >= 11 is 0. The van der Waals surface area contributed by atoms with Crippen LogP contribution in [0.4, 0.5) is 11.4 Å². The third kappa shape index (κ3) is 4.47. The molecule has 0 aliphatic rings. The molecule has 0 aliphatic carbocycles. The Morgan fingerprint density at radius 2 is 1.00 bits per heavy atom. The van der Waals surface area contributed by atoms with E-state index in [0.717, 1.165) is 27.3 Å². The number of fused-ring (bicyclic) bond motifs is 2. The van der Waals surface area contributed by atoms with Gasteiger partial charge in [0.1, 0.15) is 0 Å². The fourth-order valence-electron chi connectivity index (χ4n) is 6.40. The number of hydrogen-bond acceptors (Lipinski definition) is 4. The number of amides is 2. The van der Waals surface area contributed by atoms with E-state index in [-0.39, 0.29) is 21.9 Å². The van der Waals surface area contributed by atoms with Crippen molar-refractivity contribution in [2.24, 2.45) is 0 Å². The largest absolute Gasteiger partial charge is 0.478 e. The fourth-order valence-corrected chi connectivity index (χ4v) is 6.40. The van der Waals surface area contributed by atoms with Gasteiger partial charge in [-0.25, -0.2) is 9.59 Å². The van der Waals surface area contributed by atoms with Crippen molar-refractivity contribution in [3.8, 4) is 0 Å². The number of nitrogens with one attached hydrogen (secondary N) is 2. The van der Waals surface area contributed by atoms with E-state index in [1.807, 2.05) is 62.4 Å². The second-order valence-electron chi connectivity index (χ2n) is 11.4. The summed E-state index contributed by atoms with van der Waals surface area (Å²) < 4.78 is 0. The summed E-state index contributed by atoms with van der Waals surface area (Å²) in [7, 11) is 0. The topological polar surface area (TPSA) is 133 Å². The predicted octanol–water partition coefficient (Wildman–Crippen LogP) is 8.26. The highest BCUT2D eigenvalue weighted by Crippen LogP contribution is 2.45. The fraction of sp³-hybridized carbons (Fsp3) is 0.0526. The zero-order chi connectivity index (χ0) is 32.3. The zero-order valence-electron chi connectivity index (χ0n) is 24.8. The maximum Gasteiger partial charge on any atom is 0.337 e. The number of aromatic carboxylic acids is 2. The van der Waals surface area contributed by atoms with Gasteiger partial charge in [-0.2, -0.15) is 0 Å². The molecular formula is C38H26N2O6. The highest BCUT2D eigenvalue weighted by atomic mass is 16.4. The molecule has 2 amide bonds. The minimum absolute atomic E-state index is 0.125. The molecule has 0 fully saturated rings. The van der Waals surface area contributed by atoms with Crippen LogP contribution in [0.1, 0.15) is 52.6 Å². The summed E-state index contributed by atoms with van der Waals surface area (Å²) in [5.74, 6) is -4.47. The van der Waals surface area contributed by atoms with E-state index in [4.69, 9.17) is 0 Å². The molecule has 0 bridgehead atoms. The van der Waals surface area contributed by atoms with Crippen molar-refractivity contribution in [1.29, 1.82) is 0 Å². The average molecular weight is 607 g/mol. The van der Waals surface area contributed by atoms with Gasteiger partial charge in [0.15, 0.2) is 0 Å². The number of carboxylic acid groups (broad SMARTS) is 2. The predicted molar refractivity (Wildman–Crippen MR) is 180 cm³/mol. The molecule has 0 heterocycles. The van der Waals surface area contributed by atoms with Gasteiger partial charge in [0, 0.05) is 22.1 Å². The molecule has 0 spiro atoms. The maximum atomic E-state index is 14.5. The number of hydrogen-bond donors (Lipinski definition) is 4. The molecule has 46 heavy (non-hydrogen) atoms. The Balaban J connectivity index is 1.69. The van der Waals surface area contributed by atoms with Crippen molar-refractivity contribution in [2.45, 2.75) is 13.8 Å². The highest BCUT2D eigenvalue weighted by Gasteiger charge is 2.34. The van der Waals surface area contributed by atoms with Crippen molar-refractivity contribution in [3.05, 3.63) is 130 Å². The molecule has 4 N–H and O–H groups in total. The molecule has 0 saturated carbocycles. The van der Waals surface area contributed by atoms with Crippen molar-refractivity contribution >= 4 is 78.2 Å². The first-order chi connectivity index (χ1) is 22.1. The second-order valence-corrected chi connectivity index (χ2v) is 11.4. The van der Waals surface area contributed by atoms with Crippen LogP contribution in [0.25, 0.3) is 43.1 Å². The summed E-state index contributed by atoms with van der Waals surface area (Å²) in [6, 6.07) is 28.2. The molecule has 8 nitrogen and oxygen atoms in total. The SMILES string of the molecule is Cc1ccc(NC(=O)c2c(C(=O)O)c3c(C(=O)O)ccc4c5cccc6cccc(c(c2C(=O)Nc2ccc(C)cc2)c34)c65)cc1. The van der Waals surface area contributed by atoms with Gasteiger partial charge in [-0.3, -0.25) is 9.59 Å². The molecule has 224 valence electrons. The number of carbonyl (C=O) groups is 4. The Morgan fingerprint density at radius 3 is 1.54 bits per heavy atom. The van der Waals surface area contributed by atoms with Gasteiger partial charge in [-0.05, 0) is 76.5 Å². The van der Waals surface area contributed by atoms with Crippen LogP contribution in [0.15, 0.2) is 97.1 Å². The third-order valence-electron chi connectivity index (χ3n) is 8.44. The lowest BCUT2D eigenvalue weighted by atomic mass is 9.81. The van der Waals surface area contributed by atoms with Crippen molar-refractivity contribution in [1.82, 2.24) is 0 Å². The second kappa shape index (κ2) is 10.7. The van der Waals surface area contributed by atoms with Gasteiger partial charge in [-0.15, -0.1) is 0 Å².